The normalized spacial score (nSPS) is 27.1. The Bertz CT molecular complexity index is 1300. The Morgan fingerprint density at radius 1 is 1.06 bits per heavy atom. The highest BCUT2D eigenvalue weighted by Gasteiger charge is 2.52. The van der Waals surface area contributed by atoms with E-state index in [4.69, 9.17) is 27.8 Å². The predicted octanol–water partition coefficient (Wildman–Crippen LogP) is 4.09. The van der Waals surface area contributed by atoms with E-state index < -0.39 is 29.2 Å². The molecule has 1 aromatic carbocycles. The lowest BCUT2D eigenvalue weighted by Crippen LogP contribution is -2.43. The van der Waals surface area contributed by atoms with Crippen molar-refractivity contribution in [3.8, 4) is 5.75 Å². The Kier molecular flexibility index (Phi) is 4.69. The van der Waals surface area contributed by atoms with Crippen LogP contribution in [0.3, 0.4) is 0 Å². The average molecular weight is 440 g/mol. The van der Waals surface area contributed by atoms with Gasteiger partial charge in [-0.15, -0.1) is 0 Å². The number of hydrogen-bond donors (Lipinski definition) is 0. The third-order valence-corrected chi connectivity index (χ3v) is 5.87. The van der Waals surface area contributed by atoms with Crippen LogP contribution in [0.1, 0.15) is 34.1 Å². The molecule has 0 amide bonds. The molecule has 0 aliphatic carbocycles. The number of hydrogen-bond acceptors (Lipinski definition) is 8. The van der Waals surface area contributed by atoms with Crippen LogP contribution >= 0.6 is 0 Å². The molecule has 0 saturated carbocycles. The number of carbonyl (C=O) groups excluding carboxylic acids is 1. The number of rotatable bonds is 5. The van der Waals surface area contributed by atoms with Crippen LogP contribution in [0, 0.1) is 0 Å². The first-order chi connectivity index (χ1) is 15.1. The molecule has 3 atom stereocenters. The van der Waals surface area contributed by atoms with Gasteiger partial charge < -0.3 is 27.8 Å². The summed E-state index contributed by atoms with van der Waals surface area (Å²) in [6.45, 7) is 7.40. The van der Waals surface area contributed by atoms with Crippen LogP contribution in [0.25, 0.3) is 21.9 Å². The van der Waals surface area contributed by atoms with Gasteiger partial charge in [-0.05, 0) is 52.0 Å². The fourth-order valence-corrected chi connectivity index (χ4v) is 4.51. The molecule has 1 fully saturated rings. The van der Waals surface area contributed by atoms with Crippen LogP contribution in [0.2, 0.25) is 0 Å². The second kappa shape index (κ2) is 7.21. The standard InChI is InChI=1S/C24H24O8/c1-13-9-16(29-22(13)26)11-24(4)17(31-23(2,3)32-24)12-28-21-19-15(7-8-27-19)10-14-5-6-18(25)30-20(14)21/h5-10,16-17H,11-12H2,1-4H3. The second-order valence-electron chi connectivity index (χ2n) is 8.95. The molecule has 0 radical (unpaired) electrons. The van der Waals surface area contributed by atoms with Gasteiger partial charge in [-0.2, -0.15) is 0 Å². The maximum Gasteiger partial charge on any atom is 0.336 e. The minimum absolute atomic E-state index is 0.108. The zero-order chi connectivity index (χ0) is 22.7. The van der Waals surface area contributed by atoms with Crippen LogP contribution in [0.4, 0.5) is 0 Å². The summed E-state index contributed by atoms with van der Waals surface area (Å²) >= 11 is 0. The van der Waals surface area contributed by atoms with E-state index >= 15 is 0 Å². The van der Waals surface area contributed by atoms with Crippen molar-refractivity contribution in [1.82, 2.24) is 0 Å². The zero-order valence-electron chi connectivity index (χ0n) is 18.3. The summed E-state index contributed by atoms with van der Waals surface area (Å²) in [5.74, 6) is -0.843. The Morgan fingerprint density at radius 2 is 1.84 bits per heavy atom. The van der Waals surface area contributed by atoms with Crippen molar-refractivity contribution in [3.05, 3.63) is 52.6 Å². The molecule has 3 aromatic rings. The minimum Gasteiger partial charge on any atom is -0.483 e. The van der Waals surface area contributed by atoms with Crippen LogP contribution in [0.5, 0.6) is 5.75 Å². The first-order valence-corrected chi connectivity index (χ1v) is 10.5. The molecule has 168 valence electrons. The van der Waals surface area contributed by atoms with Crippen molar-refractivity contribution in [2.45, 2.75) is 57.7 Å². The van der Waals surface area contributed by atoms with E-state index in [9.17, 15) is 9.59 Å². The summed E-state index contributed by atoms with van der Waals surface area (Å²) in [6.07, 6.45) is 2.88. The molecule has 1 saturated heterocycles. The van der Waals surface area contributed by atoms with Gasteiger partial charge in [0.1, 0.15) is 24.4 Å². The largest absolute Gasteiger partial charge is 0.483 e. The molecule has 8 nitrogen and oxygen atoms in total. The molecule has 32 heavy (non-hydrogen) atoms. The fourth-order valence-electron chi connectivity index (χ4n) is 4.51. The van der Waals surface area contributed by atoms with Gasteiger partial charge in [-0.3, -0.25) is 0 Å². The third-order valence-electron chi connectivity index (χ3n) is 5.87. The fraction of sp³-hybridized carbons (Fsp3) is 0.417. The van der Waals surface area contributed by atoms with E-state index in [2.05, 4.69) is 0 Å². The Hall–Kier alpha value is -3.10. The van der Waals surface area contributed by atoms with Crippen molar-refractivity contribution in [2.75, 3.05) is 6.61 Å². The van der Waals surface area contributed by atoms with E-state index in [1.807, 2.05) is 32.9 Å². The van der Waals surface area contributed by atoms with E-state index in [0.717, 1.165) is 10.8 Å². The molecule has 2 aliphatic rings. The van der Waals surface area contributed by atoms with Crippen LogP contribution < -0.4 is 10.4 Å². The Balaban J connectivity index is 1.45. The topological polar surface area (TPSA) is 97.3 Å². The average Bonchev–Trinajstić information content (AvgIpc) is 3.35. The number of ether oxygens (including phenoxy) is 4. The number of carbonyl (C=O) groups is 1. The maximum atomic E-state index is 11.9. The van der Waals surface area contributed by atoms with Crippen molar-refractivity contribution in [2.24, 2.45) is 0 Å². The summed E-state index contributed by atoms with van der Waals surface area (Å²) in [4.78, 5) is 23.7. The lowest BCUT2D eigenvalue weighted by molar-refractivity contribution is -0.166. The quantitative estimate of drug-likeness (QED) is 0.432. The summed E-state index contributed by atoms with van der Waals surface area (Å²) in [5, 5.41) is 1.55. The van der Waals surface area contributed by atoms with Gasteiger partial charge in [-0.1, -0.05) is 0 Å². The molecular weight excluding hydrogens is 416 g/mol. The summed E-state index contributed by atoms with van der Waals surface area (Å²) in [7, 11) is 0. The molecule has 2 aromatic heterocycles. The van der Waals surface area contributed by atoms with Crippen molar-refractivity contribution in [1.29, 1.82) is 0 Å². The number of furan rings is 1. The van der Waals surface area contributed by atoms with Gasteiger partial charge in [-0.25, -0.2) is 9.59 Å². The molecule has 5 rings (SSSR count). The number of cyclic esters (lactones) is 1. The van der Waals surface area contributed by atoms with E-state index in [1.165, 1.54) is 6.07 Å². The first kappa shape index (κ1) is 20.8. The highest BCUT2D eigenvalue weighted by Crippen LogP contribution is 2.42. The third kappa shape index (κ3) is 3.59. The Labute approximate surface area is 183 Å². The monoisotopic (exact) mass is 440 g/mol. The van der Waals surface area contributed by atoms with E-state index in [1.54, 1.807) is 25.3 Å². The summed E-state index contributed by atoms with van der Waals surface area (Å²) in [5.41, 5.74) is 0.0991. The summed E-state index contributed by atoms with van der Waals surface area (Å²) in [6, 6.07) is 6.74. The highest BCUT2D eigenvalue weighted by molar-refractivity contribution is 5.99. The molecule has 0 spiro atoms. The Morgan fingerprint density at radius 3 is 2.59 bits per heavy atom. The SMILES string of the molecule is CC1=CC(CC2(C)OC(C)(C)OC2COc2c3occc3cc3ccc(=O)oc23)OC1=O. The lowest BCUT2D eigenvalue weighted by atomic mass is 9.92. The molecule has 2 aliphatic heterocycles. The summed E-state index contributed by atoms with van der Waals surface area (Å²) < 4.78 is 35.0. The molecule has 0 N–H and O–H groups in total. The van der Waals surface area contributed by atoms with Crippen LogP contribution in [-0.2, 0) is 19.0 Å². The van der Waals surface area contributed by atoms with E-state index in [0.29, 0.717) is 28.9 Å². The van der Waals surface area contributed by atoms with E-state index in [-0.39, 0.29) is 12.6 Å². The molecular formula is C24H24O8. The zero-order valence-corrected chi connectivity index (χ0v) is 18.3. The number of benzene rings is 1. The smallest absolute Gasteiger partial charge is 0.336 e. The van der Waals surface area contributed by atoms with Gasteiger partial charge in [0.25, 0.3) is 0 Å². The lowest BCUT2D eigenvalue weighted by Gasteiger charge is -2.30. The number of esters is 1. The molecule has 3 unspecified atom stereocenters. The van der Waals surface area contributed by atoms with Gasteiger partial charge in [0, 0.05) is 28.8 Å². The maximum absolute atomic E-state index is 11.9. The minimum atomic E-state index is -0.852. The van der Waals surface area contributed by atoms with Crippen LogP contribution in [0.15, 0.2) is 55.8 Å². The molecule has 0 bridgehead atoms. The first-order valence-electron chi connectivity index (χ1n) is 10.5. The molecule has 4 heterocycles. The van der Waals surface area contributed by atoms with Gasteiger partial charge in [0.2, 0.25) is 5.75 Å². The number of fused-ring (bicyclic) bond motifs is 2. The van der Waals surface area contributed by atoms with Gasteiger partial charge in [0.15, 0.2) is 17.0 Å². The van der Waals surface area contributed by atoms with Crippen LogP contribution in [-0.4, -0.2) is 36.2 Å². The van der Waals surface area contributed by atoms with Crippen molar-refractivity contribution < 1.29 is 32.6 Å². The van der Waals surface area contributed by atoms with Gasteiger partial charge >= 0.3 is 11.6 Å². The second-order valence-corrected chi connectivity index (χ2v) is 8.95. The van der Waals surface area contributed by atoms with Crippen molar-refractivity contribution in [3.63, 3.8) is 0 Å². The van der Waals surface area contributed by atoms with Gasteiger partial charge in [0.05, 0.1) is 6.26 Å². The highest BCUT2D eigenvalue weighted by atomic mass is 16.8. The predicted molar refractivity (Wildman–Crippen MR) is 114 cm³/mol. The van der Waals surface area contributed by atoms with Crippen molar-refractivity contribution >= 4 is 27.9 Å². The molecule has 8 heteroatoms.